The van der Waals surface area contributed by atoms with E-state index in [9.17, 15) is 4.79 Å². The molecule has 2 aromatic rings. The van der Waals surface area contributed by atoms with E-state index in [0.29, 0.717) is 6.54 Å². The van der Waals surface area contributed by atoms with Crippen LogP contribution in [-0.2, 0) is 6.54 Å². The minimum Gasteiger partial charge on any atom is -0.322 e. The van der Waals surface area contributed by atoms with Crippen LogP contribution in [0.1, 0.15) is 17.2 Å². The van der Waals surface area contributed by atoms with Crippen molar-refractivity contribution >= 4 is 10.9 Å². The molecule has 0 aliphatic carbocycles. The molecular formula is C12H12N2O. The van der Waals surface area contributed by atoms with Crippen molar-refractivity contribution in [3.8, 4) is 0 Å². The zero-order valence-electron chi connectivity index (χ0n) is 8.53. The molecule has 1 aromatic carbocycles. The van der Waals surface area contributed by atoms with Gasteiger partial charge in [-0.3, -0.25) is 4.79 Å². The van der Waals surface area contributed by atoms with Crippen LogP contribution in [0.5, 0.6) is 0 Å². The SMILES string of the molecule is Cc1ccc2ccc(=O)n3c2c1C(N)C3. The van der Waals surface area contributed by atoms with Gasteiger partial charge in [0.2, 0.25) is 0 Å². The summed E-state index contributed by atoms with van der Waals surface area (Å²) in [6.07, 6.45) is 0. The van der Waals surface area contributed by atoms with Crippen LogP contribution in [-0.4, -0.2) is 4.57 Å². The number of hydrogen-bond acceptors (Lipinski definition) is 2. The van der Waals surface area contributed by atoms with E-state index in [1.165, 1.54) is 5.56 Å². The summed E-state index contributed by atoms with van der Waals surface area (Å²) < 4.78 is 1.78. The summed E-state index contributed by atoms with van der Waals surface area (Å²) >= 11 is 0. The Morgan fingerprint density at radius 3 is 2.87 bits per heavy atom. The Morgan fingerprint density at radius 2 is 2.07 bits per heavy atom. The smallest absolute Gasteiger partial charge is 0.251 e. The highest BCUT2D eigenvalue weighted by Crippen LogP contribution is 2.31. The molecule has 2 N–H and O–H groups in total. The van der Waals surface area contributed by atoms with Gasteiger partial charge >= 0.3 is 0 Å². The maximum Gasteiger partial charge on any atom is 0.251 e. The van der Waals surface area contributed by atoms with Crippen LogP contribution >= 0.6 is 0 Å². The number of aromatic nitrogens is 1. The Balaban J connectivity index is 2.59. The Labute approximate surface area is 87.1 Å². The third-order valence-electron chi connectivity index (χ3n) is 3.16. The normalized spacial score (nSPS) is 18.7. The lowest BCUT2D eigenvalue weighted by Gasteiger charge is -2.06. The highest BCUT2D eigenvalue weighted by molar-refractivity contribution is 5.85. The molecule has 0 radical (unpaired) electrons. The minimum absolute atomic E-state index is 0.0381. The van der Waals surface area contributed by atoms with E-state index in [-0.39, 0.29) is 11.6 Å². The van der Waals surface area contributed by atoms with Gasteiger partial charge in [0.15, 0.2) is 0 Å². The van der Waals surface area contributed by atoms with Crippen LogP contribution in [0.3, 0.4) is 0 Å². The lowest BCUT2D eigenvalue weighted by Crippen LogP contribution is -2.19. The molecule has 3 rings (SSSR count). The first-order valence-electron chi connectivity index (χ1n) is 5.07. The average molecular weight is 200 g/mol. The van der Waals surface area contributed by atoms with E-state index >= 15 is 0 Å². The fourth-order valence-electron chi connectivity index (χ4n) is 2.46. The molecule has 3 heteroatoms. The van der Waals surface area contributed by atoms with E-state index in [0.717, 1.165) is 16.5 Å². The van der Waals surface area contributed by atoms with Gasteiger partial charge in [-0.25, -0.2) is 0 Å². The minimum atomic E-state index is -0.0381. The number of nitrogens with zero attached hydrogens (tertiary/aromatic N) is 1. The van der Waals surface area contributed by atoms with Crippen LogP contribution in [0.2, 0.25) is 0 Å². The molecule has 1 unspecified atom stereocenters. The zero-order valence-corrected chi connectivity index (χ0v) is 8.53. The topological polar surface area (TPSA) is 48.0 Å². The van der Waals surface area contributed by atoms with Crippen molar-refractivity contribution in [3.63, 3.8) is 0 Å². The van der Waals surface area contributed by atoms with Gasteiger partial charge in [-0.05, 0) is 29.5 Å². The van der Waals surface area contributed by atoms with E-state index in [1.54, 1.807) is 10.6 Å². The first-order valence-corrected chi connectivity index (χ1v) is 5.07. The summed E-state index contributed by atoms with van der Waals surface area (Å²) in [5, 5.41) is 1.10. The van der Waals surface area contributed by atoms with Crippen LogP contribution in [0, 0.1) is 6.92 Å². The van der Waals surface area contributed by atoms with Crippen molar-refractivity contribution in [1.29, 1.82) is 0 Å². The van der Waals surface area contributed by atoms with Gasteiger partial charge in [-0.2, -0.15) is 0 Å². The summed E-state index contributed by atoms with van der Waals surface area (Å²) in [6.45, 7) is 2.65. The van der Waals surface area contributed by atoms with Crippen molar-refractivity contribution < 1.29 is 0 Å². The van der Waals surface area contributed by atoms with Gasteiger partial charge in [0.25, 0.3) is 5.56 Å². The average Bonchev–Trinajstić information content (AvgIpc) is 2.56. The molecule has 0 saturated heterocycles. The molecule has 1 aliphatic heterocycles. The van der Waals surface area contributed by atoms with Gasteiger partial charge in [-0.1, -0.05) is 12.1 Å². The van der Waals surface area contributed by atoms with Crippen LogP contribution in [0.15, 0.2) is 29.1 Å². The monoisotopic (exact) mass is 200 g/mol. The first kappa shape index (κ1) is 8.68. The van der Waals surface area contributed by atoms with Crippen molar-refractivity contribution in [2.75, 3.05) is 0 Å². The largest absolute Gasteiger partial charge is 0.322 e. The Bertz CT molecular complexity index is 613. The van der Waals surface area contributed by atoms with E-state index < -0.39 is 0 Å². The number of hydrogen-bond donors (Lipinski definition) is 1. The molecule has 0 amide bonds. The van der Waals surface area contributed by atoms with Crippen molar-refractivity contribution in [3.05, 3.63) is 45.7 Å². The lowest BCUT2D eigenvalue weighted by atomic mass is 10.0. The second kappa shape index (κ2) is 2.70. The van der Waals surface area contributed by atoms with Gasteiger partial charge < -0.3 is 10.3 Å². The molecule has 1 aromatic heterocycles. The molecule has 76 valence electrons. The molecule has 3 nitrogen and oxygen atoms in total. The second-order valence-electron chi connectivity index (χ2n) is 4.12. The number of nitrogens with two attached hydrogens (primary N) is 1. The fourth-order valence-corrected chi connectivity index (χ4v) is 2.46. The molecule has 0 fully saturated rings. The maximum absolute atomic E-state index is 11.7. The molecule has 0 spiro atoms. The summed E-state index contributed by atoms with van der Waals surface area (Å²) in [5.74, 6) is 0. The van der Waals surface area contributed by atoms with Crippen LogP contribution < -0.4 is 11.3 Å². The molecule has 1 atom stereocenters. The van der Waals surface area contributed by atoms with Crippen LogP contribution in [0.25, 0.3) is 10.9 Å². The van der Waals surface area contributed by atoms with E-state index in [4.69, 9.17) is 5.73 Å². The predicted molar refractivity (Wildman–Crippen MR) is 59.9 cm³/mol. The summed E-state index contributed by atoms with van der Waals surface area (Å²) in [4.78, 5) is 11.7. The number of pyridine rings is 1. The fraction of sp³-hybridized carbons (Fsp3) is 0.250. The lowest BCUT2D eigenvalue weighted by molar-refractivity contribution is 0.619. The van der Waals surface area contributed by atoms with Gasteiger partial charge in [0.05, 0.1) is 11.6 Å². The summed E-state index contributed by atoms with van der Waals surface area (Å²) in [6, 6.07) is 7.55. The second-order valence-corrected chi connectivity index (χ2v) is 4.12. The third kappa shape index (κ3) is 1.01. The molecule has 2 heterocycles. The summed E-state index contributed by atoms with van der Waals surface area (Å²) in [7, 11) is 0. The quantitative estimate of drug-likeness (QED) is 0.697. The molecule has 1 aliphatic rings. The standard InChI is InChI=1S/C12H12N2O/c1-7-2-3-8-4-5-10(15)14-6-9(13)11(7)12(8)14/h2-5,9H,6,13H2,1H3. The van der Waals surface area contributed by atoms with Gasteiger partial charge in [-0.15, -0.1) is 0 Å². The number of benzene rings is 1. The van der Waals surface area contributed by atoms with Crippen molar-refractivity contribution in [2.24, 2.45) is 5.73 Å². The number of rotatable bonds is 0. The molecule has 0 bridgehead atoms. The van der Waals surface area contributed by atoms with Gasteiger partial charge in [0, 0.05) is 12.6 Å². The van der Waals surface area contributed by atoms with Crippen molar-refractivity contribution in [2.45, 2.75) is 19.5 Å². The summed E-state index contributed by atoms with van der Waals surface area (Å²) in [5.41, 5.74) is 9.42. The first-order chi connectivity index (χ1) is 7.18. The zero-order chi connectivity index (χ0) is 10.6. The Hall–Kier alpha value is -1.61. The van der Waals surface area contributed by atoms with Crippen molar-refractivity contribution in [1.82, 2.24) is 4.57 Å². The van der Waals surface area contributed by atoms with E-state index in [2.05, 4.69) is 6.07 Å². The number of aryl methyl sites for hydroxylation is 1. The molecule has 0 saturated carbocycles. The molecular weight excluding hydrogens is 188 g/mol. The highest BCUT2D eigenvalue weighted by atomic mass is 16.1. The highest BCUT2D eigenvalue weighted by Gasteiger charge is 2.23. The van der Waals surface area contributed by atoms with E-state index in [1.807, 2.05) is 19.1 Å². The maximum atomic E-state index is 11.7. The Morgan fingerprint density at radius 1 is 1.33 bits per heavy atom. The predicted octanol–water partition coefficient (Wildman–Crippen LogP) is 1.32. The van der Waals surface area contributed by atoms with Gasteiger partial charge in [0.1, 0.15) is 0 Å². The Kier molecular flexibility index (Phi) is 1.56. The third-order valence-corrected chi connectivity index (χ3v) is 3.16. The molecule has 15 heavy (non-hydrogen) atoms. The van der Waals surface area contributed by atoms with Crippen LogP contribution in [0.4, 0.5) is 0 Å².